The van der Waals surface area contributed by atoms with Crippen molar-refractivity contribution in [2.45, 2.75) is 195 Å². The molecule has 8 heterocycles. The molecule has 8 aliphatic carbocycles. The number of esters is 4. The van der Waals surface area contributed by atoms with Crippen LogP contribution in [0.15, 0.2) is 0 Å². The minimum absolute atomic E-state index is 0.0872. The van der Waals surface area contributed by atoms with E-state index in [9.17, 15) is 28.8 Å². The average Bonchev–Trinajstić information content (AvgIpc) is 3.75. The molecule has 0 aromatic heterocycles. The second-order valence-corrected chi connectivity index (χ2v) is 23.7. The van der Waals surface area contributed by atoms with Crippen LogP contribution in [0.2, 0.25) is 0 Å². The molecule has 8 saturated carbocycles. The molecule has 16 bridgehead atoms. The highest BCUT2D eigenvalue weighted by Crippen LogP contribution is 2.70. The van der Waals surface area contributed by atoms with Crippen molar-refractivity contribution in [3.63, 3.8) is 0 Å². The predicted octanol–water partition coefficient (Wildman–Crippen LogP) is 9.42. The number of Topliss-reactive ketones (excluding diaryl/α,β-unsaturated/α-hetero) is 2. The van der Waals surface area contributed by atoms with Crippen molar-refractivity contribution in [2.75, 3.05) is 0 Å². The van der Waals surface area contributed by atoms with E-state index >= 15 is 0 Å². The van der Waals surface area contributed by atoms with Gasteiger partial charge < -0.3 is 18.9 Å². The highest BCUT2D eigenvalue weighted by Gasteiger charge is 2.69. The van der Waals surface area contributed by atoms with Gasteiger partial charge in [0.1, 0.15) is 36.0 Å². The van der Waals surface area contributed by atoms with Gasteiger partial charge in [0.15, 0.2) is 0 Å². The molecule has 8 saturated heterocycles. The first-order valence-electron chi connectivity index (χ1n) is 25.1. The fraction of sp³-hybridized carbons (Fsp3) is 0.885. The normalized spacial score (nSPS) is 51.5. The number of hydrogen-bond donors (Lipinski definition) is 0. The van der Waals surface area contributed by atoms with Gasteiger partial charge >= 0.3 is 23.9 Å². The Balaban J connectivity index is 1.02. The summed E-state index contributed by atoms with van der Waals surface area (Å²) in [4.78, 5) is 82.4. The Morgan fingerprint density at radius 3 is 1.26 bits per heavy atom. The van der Waals surface area contributed by atoms with E-state index in [-0.39, 0.29) is 130 Å². The quantitative estimate of drug-likeness (QED) is 0.195. The van der Waals surface area contributed by atoms with Gasteiger partial charge in [-0.05, 0) is 160 Å². The number of carbonyl (C=O) groups excluding carboxylic acids is 6. The maximum Gasteiger partial charge on any atom is 0.306 e. The molecule has 20 atom stereocenters. The third-order valence-electron chi connectivity index (χ3n) is 21.3. The van der Waals surface area contributed by atoms with Gasteiger partial charge in [0, 0.05) is 62.2 Å². The van der Waals surface area contributed by atoms with E-state index < -0.39 is 10.8 Å². The predicted molar refractivity (Wildman–Crippen MR) is 230 cm³/mol. The van der Waals surface area contributed by atoms with Crippen LogP contribution in [0.4, 0.5) is 0 Å². The van der Waals surface area contributed by atoms with Crippen LogP contribution in [0.1, 0.15) is 171 Å². The van der Waals surface area contributed by atoms with E-state index in [0.717, 1.165) is 51.4 Å². The van der Waals surface area contributed by atoms with Crippen LogP contribution in [-0.4, -0.2) is 59.9 Å². The largest absolute Gasteiger partial charge is 0.462 e. The van der Waals surface area contributed by atoms with Gasteiger partial charge in [-0.25, -0.2) is 0 Å². The number of hydrogen-bond acceptors (Lipinski definition) is 10. The Morgan fingerprint density at radius 1 is 0.516 bits per heavy atom. The average molecular weight is 861 g/mol. The first-order valence-corrected chi connectivity index (χ1v) is 25.1. The van der Waals surface area contributed by atoms with Crippen LogP contribution < -0.4 is 0 Å². The van der Waals surface area contributed by atoms with Crippen LogP contribution in [0, 0.1) is 92.7 Å². The molecule has 8 aliphatic heterocycles. The summed E-state index contributed by atoms with van der Waals surface area (Å²) >= 11 is 0. The van der Waals surface area contributed by atoms with Crippen molar-refractivity contribution >= 4 is 35.4 Å². The third kappa shape index (κ3) is 6.96. The SMILES string of the molecule is CC(=O)O[C@@H]1C[C@@H]2C[C@H]3CC[C@]2(C)[C@H]2CC(=O)[C@]4(C)[C@H](CC[C@H]4[C@H]12)[C@H](C)CCC(=O)O[C@@H]1CC[C@@]2(C)[C@@H](C1)C[C@@H](OC(C)=O)[C@@H]1[C@@H]2CC(=O)[C@]2(C)[C@H](CC[C@@H]12)[C@H](C)CCC(=O)O3. The molecule has 0 N–H and O–H groups in total. The minimum atomic E-state index is -0.554. The number of carbonyl (C=O) groups is 6. The van der Waals surface area contributed by atoms with Gasteiger partial charge in [-0.15, -0.1) is 0 Å². The molecule has 344 valence electrons. The summed E-state index contributed by atoms with van der Waals surface area (Å²) in [6.07, 6.45) is 11.5. The third-order valence-corrected chi connectivity index (χ3v) is 21.3. The summed E-state index contributed by atoms with van der Waals surface area (Å²) in [6.45, 7) is 16.5. The second kappa shape index (κ2) is 16.0. The molecule has 0 aromatic rings. The minimum Gasteiger partial charge on any atom is -0.462 e. The molecule has 10 heteroatoms. The zero-order valence-corrected chi connectivity index (χ0v) is 39.0. The zero-order valence-electron chi connectivity index (χ0n) is 39.0. The lowest BCUT2D eigenvalue weighted by Crippen LogP contribution is -2.62. The van der Waals surface area contributed by atoms with E-state index in [1.807, 2.05) is 0 Å². The summed E-state index contributed by atoms with van der Waals surface area (Å²) in [5.41, 5.74) is -1.37. The smallest absolute Gasteiger partial charge is 0.306 e. The molecule has 0 spiro atoms. The van der Waals surface area contributed by atoms with E-state index in [1.54, 1.807) is 0 Å². The summed E-state index contributed by atoms with van der Waals surface area (Å²) in [5, 5.41) is 0. The molecule has 16 fully saturated rings. The monoisotopic (exact) mass is 861 g/mol. The molecular weight excluding hydrogens is 785 g/mol. The molecule has 16 aliphatic rings. The standard InChI is InChI=1S/C52H76O10/c1-27-9-15-45(57)61-33-17-19-50(6)31(21-33)24-42(60-30(4)54)48-38-14-12-36(52(38,8)44(56)26-40(48)50)28(2)10-16-46(58)62-34-18-20-49(5)32(22-34)23-41(59-29(3)53)47-37-13-11-35(27)51(37,7)43(55)25-39(47)49/h27-28,31-42,47-48H,9-26H2,1-8H3/t27-,28-,31+,32+,33-,34-,35-,36-,37+,38+,39+,40+,41-,42-,47+,48+,49+,50+,51-,52-/m1/s1. The Bertz CT molecular complexity index is 1710. The highest BCUT2D eigenvalue weighted by molar-refractivity contribution is 5.88. The van der Waals surface area contributed by atoms with E-state index in [0.29, 0.717) is 75.8 Å². The number of ketones is 2. The fourth-order valence-corrected chi connectivity index (χ4v) is 18.1. The van der Waals surface area contributed by atoms with E-state index in [1.165, 1.54) is 13.8 Å². The lowest BCUT2D eigenvalue weighted by molar-refractivity contribution is -0.197. The molecule has 0 aromatic carbocycles. The molecule has 62 heavy (non-hydrogen) atoms. The fourth-order valence-electron chi connectivity index (χ4n) is 18.1. The maximum absolute atomic E-state index is 14.7. The van der Waals surface area contributed by atoms with Gasteiger partial charge in [0.05, 0.1) is 0 Å². The molecule has 10 nitrogen and oxygen atoms in total. The maximum atomic E-state index is 14.7. The summed E-state index contributed by atoms with van der Waals surface area (Å²) in [7, 11) is 0. The summed E-state index contributed by atoms with van der Waals surface area (Å²) in [5.74, 6) is 1.11. The number of rotatable bonds is 2. The Morgan fingerprint density at radius 2 is 0.887 bits per heavy atom. The van der Waals surface area contributed by atoms with Crippen molar-refractivity contribution in [1.82, 2.24) is 0 Å². The van der Waals surface area contributed by atoms with Crippen LogP contribution >= 0.6 is 0 Å². The second-order valence-electron chi connectivity index (χ2n) is 23.7. The van der Waals surface area contributed by atoms with Gasteiger partial charge in [0.25, 0.3) is 0 Å². The Hall–Kier alpha value is -2.78. The number of ether oxygens (including phenoxy) is 4. The summed E-state index contributed by atoms with van der Waals surface area (Å²) in [6, 6.07) is 0. The highest BCUT2D eigenvalue weighted by atomic mass is 16.6. The van der Waals surface area contributed by atoms with Crippen molar-refractivity contribution in [3.8, 4) is 0 Å². The lowest BCUT2D eigenvalue weighted by Gasteiger charge is -2.62. The van der Waals surface area contributed by atoms with Gasteiger partial charge in [-0.1, -0.05) is 41.5 Å². The van der Waals surface area contributed by atoms with Crippen LogP contribution in [0.5, 0.6) is 0 Å². The van der Waals surface area contributed by atoms with Gasteiger partial charge in [-0.3, -0.25) is 28.8 Å². The topological polar surface area (TPSA) is 139 Å². The van der Waals surface area contributed by atoms with Crippen molar-refractivity contribution in [1.29, 1.82) is 0 Å². The van der Waals surface area contributed by atoms with Crippen LogP contribution in [0.25, 0.3) is 0 Å². The van der Waals surface area contributed by atoms with E-state index in [2.05, 4.69) is 41.5 Å². The molecule has 0 amide bonds. The van der Waals surface area contributed by atoms with Crippen molar-refractivity contribution < 1.29 is 47.7 Å². The Labute approximate surface area is 370 Å². The molecule has 16 rings (SSSR count). The molecular formula is C52H76O10. The molecule has 0 radical (unpaired) electrons. The first-order chi connectivity index (χ1) is 29.3. The first kappa shape index (κ1) is 44.4. The van der Waals surface area contributed by atoms with Crippen LogP contribution in [-0.2, 0) is 47.7 Å². The van der Waals surface area contributed by atoms with E-state index in [4.69, 9.17) is 18.9 Å². The lowest BCUT2D eigenvalue weighted by atomic mass is 9.43. The zero-order chi connectivity index (χ0) is 44.3. The molecule has 0 unspecified atom stereocenters. The van der Waals surface area contributed by atoms with Gasteiger partial charge in [-0.2, -0.15) is 0 Å². The van der Waals surface area contributed by atoms with Crippen molar-refractivity contribution in [2.24, 2.45) is 92.7 Å². The Kier molecular flexibility index (Phi) is 11.4. The summed E-state index contributed by atoms with van der Waals surface area (Å²) < 4.78 is 25.1. The van der Waals surface area contributed by atoms with Crippen molar-refractivity contribution in [3.05, 3.63) is 0 Å². The van der Waals surface area contributed by atoms with Crippen LogP contribution in [0.3, 0.4) is 0 Å². The van der Waals surface area contributed by atoms with Gasteiger partial charge in [0.2, 0.25) is 0 Å².